The normalized spacial score (nSPS) is 9.92. The van der Waals surface area contributed by atoms with Crippen molar-refractivity contribution in [2.24, 2.45) is 0 Å². The van der Waals surface area contributed by atoms with Crippen LogP contribution in [0.4, 0.5) is 0 Å². The number of hydrogen-bond donors (Lipinski definition) is 1. The summed E-state index contributed by atoms with van der Waals surface area (Å²) in [4.78, 5) is 7.19. The summed E-state index contributed by atoms with van der Waals surface area (Å²) in [5.41, 5.74) is 1.03. The fraction of sp³-hybridized carbons (Fsp3) is 0.100. The summed E-state index contributed by atoms with van der Waals surface area (Å²) in [6.45, 7) is 0. The van der Waals surface area contributed by atoms with Gasteiger partial charge in [0.05, 0.1) is 7.11 Å². The summed E-state index contributed by atoms with van der Waals surface area (Å²) in [7, 11) is 1.65. The molecule has 0 aliphatic carbocycles. The second-order valence-electron chi connectivity index (χ2n) is 2.67. The average Bonchev–Trinajstić information content (AvgIpc) is 2.71. The Hall–Kier alpha value is -1.77. The standard InChI is InChI=1S/C10H10N2O/c1-13-9-4-2-3-8(7-9)10-11-5-6-12-10/h2-7H,1H3,(H,11,12). The summed E-state index contributed by atoms with van der Waals surface area (Å²) in [5.74, 6) is 1.70. The molecule has 2 aromatic rings. The zero-order valence-electron chi connectivity index (χ0n) is 7.32. The van der Waals surface area contributed by atoms with Gasteiger partial charge in [-0.1, -0.05) is 12.1 Å². The van der Waals surface area contributed by atoms with E-state index in [1.807, 2.05) is 24.3 Å². The maximum absolute atomic E-state index is 5.11. The largest absolute Gasteiger partial charge is 0.497 e. The summed E-state index contributed by atoms with van der Waals surface area (Å²) in [6.07, 6.45) is 3.53. The van der Waals surface area contributed by atoms with Crippen molar-refractivity contribution >= 4 is 0 Å². The van der Waals surface area contributed by atoms with E-state index in [-0.39, 0.29) is 0 Å². The molecule has 3 heteroatoms. The van der Waals surface area contributed by atoms with Crippen molar-refractivity contribution in [3.63, 3.8) is 0 Å². The molecule has 0 fully saturated rings. The lowest BCUT2D eigenvalue weighted by Crippen LogP contribution is -1.84. The Morgan fingerprint density at radius 3 is 3.00 bits per heavy atom. The SMILES string of the molecule is COc1cccc(-c2ncc[nH]2)c1. The number of nitrogens with zero attached hydrogens (tertiary/aromatic N) is 1. The van der Waals surface area contributed by atoms with Gasteiger partial charge in [0.25, 0.3) is 0 Å². The van der Waals surface area contributed by atoms with Crippen LogP contribution in [0.15, 0.2) is 36.7 Å². The number of rotatable bonds is 2. The van der Waals surface area contributed by atoms with E-state index in [0.717, 1.165) is 17.1 Å². The molecule has 0 amide bonds. The summed E-state index contributed by atoms with van der Waals surface area (Å²) in [5, 5.41) is 0. The molecule has 1 aromatic carbocycles. The third-order valence-corrected chi connectivity index (χ3v) is 1.84. The maximum Gasteiger partial charge on any atom is 0.137 e. The molecule has 2 rings (SSSR count). The van der Waals surface area contributed by atoms with Crippen molar-refractivity contribution in [1.82, 2.24) is 9.97 Å². The van der Waals surface area contributed by atoms with E-state index in [9.17, 15) is 0 Å². The van der Waals surface area contributed by atoms with Crippen LogP contribution in [-0.4, -0.2) is 17.1 Å². The van der Waals surface area contributed by atoms with E-state index in [1.165, 1.54) is 0 Å². The molecule has 0 saturated heterocycles. The fourth-order valence-electron chi connectivity index (χ4n) is 1.19. The second-order valence-corrected chi connectivity index (χ2v) is 2.67. The van der Waals surface area contributed by atoms with E-state index in [2.05, 4.69) is 9.97 Å². The molecule has 0 radical (unpaired) electrons. The topological polar surface area (TPSA) is 37.9 Å². The van der Waals surface area contributed by atoms with E-state index < -0.39 is 0 Å². The predicted octanol–water partition coefficient (Wildman–Crippen LogP) is 2.09. The Bertz CT molecular complexity index is 382. The minimum atomic E-state index is 0.842. The zero-order chi connectivity index (χ0) is 9.10. The zero-order valence-corrected chi connectivity index (χ0v) is 7.32. The molecule has 1 aromatic heterocycles. The molecule has 0 spiro atoms. The van der Waals surface area contributed by atoms with Gasteiger partial charge in [0, 0.05) is 18.0 Å². The molecular weight excluding hydrogens is 164 g/mol. The monoisotopic (exact) mass is 174 g/mol. The predicted molar refractivity (Wildman–Crippen MR) is 50.6 cm³/mol. The van der Waals surface area contributed by atoms with Gasteiger partial charge in [-0.25, -0.2) is 4.98 Å². The number of H-pyrrole nitrogens is 1. The first kappa shape index (κ1) is 7.86. The number of aromatic nitrogens is 2. The molecule has 0 aliphatic heterocycles. The van der Waals surface area contributed by atoms with E-state index >= 15 is 0 Å². The highest BCUT2D eigenvalue weighted by atomic mass is 16.5. The first-order valence-electron chi connectivity index (χ1n) is 4.04. The van der Waals surface area contributed by atoms with Gasteiger partial charge in [0.15, 0.2) is 0 Å². The van der Waals surface area contributed by atoms with Gasteiger partial charge >= 0.3 is 0 Å². The number of methoxy groups -OCH3 is 1. The maximum atomic E-state index is 5.11. The smallest absolute Gasteiger partial charge is 0.137 e. The number of aromatic amines is 1. The molecule has 13 heavy (non-hydrogen) atoms. The van der Waals surface area contributed by atoms with Crippen LogP contribution in [0.5, 0.6) is 5.75 Å². The molecule has 0 atom stereocenters. The first-order chi connectivity index (χ1) is 6.40. The van der Waals surface area contributed by atoms with E-state index in [1.54, 1.807) is 19.5 Å². The molecule has 0 saturated carbocycles. The van der Waals surface area contributed by atoms with E-state index in [0.29, 0.717) is 0 Å². The molecule has 3 nitrogen and oxygen atoms in total. The van der Waals surface area contributed by atoms with Gasteiger partial charge in [-0.05, 0) is 12.1 Å². The van der Waals surface area contributed by atoms with Crippen molar-refractivity contribution < 1.29 is 4.74 Å². The van der Waals surface area contributed by atoms with Gasteiger partial charge in [-0.2, -0.15) is 0 Å². The van der Waals surface area contributed by atoms with Gasteiger partial charge in [-0.3, -0.25) is 0 Å². The Labute approximate surface area is 76.4 Å². The van der Waals surface area contributed by atoms with Crippen LogP contribution in [0.2, 0.25) is 0 Å². The molecule has 0 bridgehead atoms. The van der Waals surface area contributed by atoms with Crippen molar-refractivity contribution in [3.8, 4) is 17.1 Å². The van der Waals surface area contributed by atoms with Crippen molar-refractivity contribution in [3.05, 3.63) is 36.7 Å². The van der Waals surface area contributed by atoms with Crippen molar-refractivity contribution in [2.75, 3.05) is 7.11 Å². The van der Waals surface area contributed by atoms with Gasteiger partial charge in [0.1, 0.15) is 11.6 Å². The lowest BCUT2D eigenvalue weighted by Gasteiger charge is -2.00. The lowest BCUT2D eigenvalue weighted by molar-refractivity contribution is 0.415. The van der Waals surface area contributed by atoms with Crippen LogP contribution in [0.25, 0.3) is 11.4 Å². The lowest BCUT2D eigenvalue weighted by atomic mass is 10.2. The van der Waals surface area contributed by atoms with Gasteiger partial charge in [0.2, 0.25) is 0 Å². The van der Waals surface area contributed by atoms with Gasteiger partial charge in [-0.15, -0.1) is 0 Å². The highest BCUT2D eigenvalue weighted by Gasteiger charge is 1.99. The first-order valence-corrected chi connectivity index (χ1v) is 4.04. The summed E-state index contributed by atoms with van der Waals surface area (Å²) >= 11 is 0. The number of nitrogens with one attached hydrogen (secondary N) is 1. The number of imidazole rings is 1. The summed E-state index contributed by atoms with van der Waals surface area (Å²) < 4.78 is 5.11. The summed E-state index contributed by atoms with van der Waals surface area (Å²) in [6, 6.07) is 7.78. The molecule has 66 valence electrons. The van der Waals surface area contributed by atoms with Crippen molar-refractivity contribution in [2.45, 2.75) is 0 Å². The Kier molecular flexibility index (Phi) is 2.00. The molecule has 0 unspecified atom stereocenters. The van der Waals surface area contributed by atoms with Gasteiger partial charge < -0.3 is 9.72 Å². The van der Waals surface area contributed by atoms with Crippen LogP contribution >= 0.6 is 0 Å². The molecule has 1 heterocycles. The quantitative estimate of drug-likeness (QED) is 0.756. The van der Waals surface area contributed by atoms with Crippen molar-refractivity contribution in [1.29, 1.82) is 0 Å². The van der Waals surface area contributed by atoms with E-state index in [4.69, 9.17) is 4.74 Å². The molecule has 1 N–H and O–H groups in total. The Morgan fingerprint density at radius 2 is 2.31 bits per heavy atom. The van der Waals surface area contributed by atoms with Crippen LogP contribution in [0.3, 0.4) is 0 Å². The minimum absolute atomic E-state index is 0.842. The molecular formula is C10H10N2O. The minimum Gasteiger partial charge on any atom is -0.497 e. The van der Waals surface area contributed by atoms with Crippen LogP contribution in [-0.2, 0) is 0 Å². The Morgan fingerprint density at radius 1 is 1.38 bits per heavy atom. The highest BCUT2D eigenvalue weighted by molar-refractivity contribution is 5.57. The number of ether oxygens (including phenoxy) is 1. The highest BCUT2D eigenvalue weighted by Crippen LogP contribution is 2.19. The molecule has 0 aliphatic rings. The average molecular weight is 174 g/mol. The third kappa shape index (κ3) is 1.54. The third-order valence-electron chi connectivity index (χ3n) is 1.84. The van der Waals surface area contributed by atoms with Crippen LogP contribution in [0, 0.1) is 0 Å². The van der Waals surface area contributed by atoms with Crippen LogP contribution in [0.1, 0.15) is 0 Å². The fourth-order valence-corrected chi connectivity index (χ4v) is 1.19. The van der Waals surface area contributed by atoms with Crippen LogP contribution < -0.4 is 4.74 Å². The number of hydrogen-bond acceptors (Lipinski definition) is 2. The number of benzene rings is 1. The second kappa shape index (κ2) is 3.31. The Balaban J connectivity index is 2.41.